The van der Waals surface area contributed by atoms with E-state index in [9.17, 15) is 0 Å². The van der Waals surface area contributed by atoms with Gasteiger partial charge in [0.2, 0.25) is 0 Å². The highest BCUT2D eigenvalue weighted by Crippen LogP contribution is 2.29. The molecule has 0 bridgehead atoms. The quantitative estimate of drug-likeness (QED) is 0.393. The molecule has 0 aliphatic carbocycles. The predicted octanol–water partition coefficient (Wildman–Crippen LogP) is 6.29. The van der Waals surface area contributed by atoms with Gasteiger partial charge in [0, 0.05) is 65.3 Å². The standard InChI is InChI=1S/C29H35N3/c1-30(2)26-17-11-23(12-18-26)9-7-8-10-29(24-13-19-27(20-14-24)31(3)4)25-15-21-28(22-16-25)32(5)6/h7-22,29H,1-6H3/b9-7+,10-8+. The van der Waals surface area contributed by atoms with E-state index in [1.807, 2.05) is 0 Å². The van der Waals surface area contributed by atoms with Crippen molar-refractivity contribution in [1.82, 2.24) is 0 Å². The molecule has 0 aromatic heterocycles. The number of rotatable bonds is 8. The molecule has 0 unspecified atom stereocenters. The maximum absolute atomic E-state index is 2.28. The molecule has 3 aromatic carbocycles. The van der Waals surface area contributed by atoms with Crippen molar-refractivity contribution in [2.75, 3.05) is 57.0 Å². The molecule has 3 aromatic rings. The fraction of sp³-hybridized carbons (Fsp3) is 0.241. The van der Waals surface area contributed by atoms with Crippen LogP contribution in [0.4, 0.5) is 17.1 Å². The molecule has 3 nitrogen and oxygen atoms in total. The van der Waals surface area contributed by atoms with Crippen molar-refractivity contribution in [1.29, 1.82) is 0 Å². The minimum Gasteiger partial charge on any atom is -0.378 e. The molecule has 0 heterocycles. The summed E-state index contributed by atoms with van der Waals surface area (Å²) in [6.07, 6.45) is 8.71. The molecule has 3 rings (SSSR count). The molecule has 0 N–H and O–H groups in total. The van der Waals surface area contributed by atoms with Crippen molar-refractivity contribution in [2.45, 2.75) is 5.92 Å². The Balaban J connectivity index is 1.84. The summed E-state index contributed by atoms with van der Waals surface area (Å²) in [7, 11) is 12.4. The SMILES string of the molecule is CN(C)c1ccc(/C=C/C=C/C(c2ccc(N(C)C)cc2)c2ccc(N(C)C)cc2)cc1. The van der Waals surface area contributed by atoms with E-state index in [1.54, 1.807) is 0 Å². The lowest BCUT2D eigenvalue weighted by Crippen LogP contribution is -2.09. The summed E-state index contributed by atoms with van der Waals surface area (Å²) in [6, 6.07) is 26.3. The van der Waals surface area contributed by atoms with E-state index in [0.717, 1.165) is 0 Å². The van der Waals surface area contributed by atoms with Crippen LogP contribution in [0.1, 0.15) is 22.6 Å². The Morgan fingerprint density at radius 1 is 0.500 bits per heavy atom. The van der Waals surface area contributed by atoms with Crippen LogP contribution in [0.15, 0.2) is 91.0 Å². The summed E-state index contributed by atoms with van der Waals surface area (Å²) in [4.78, 5) is 6.37. The molecule has 0 spiro atoms. The van der Waals surface area contributed by atoms with Gasteiger partial charge >= 0.3 is 0 Å². The summed E-state index contributed by atoms with van der Waals surface area (Å²) in [5, 5.41) is 0. The third kappa shape index (κ3) is 6.04. The Bertz CT molecular complexity index is 974. The number of hydrogen-bond donors (Lipinski definition) is 0. The average molecular weight is 426 g/mol. The van der Waals surface area contributed by atoms with Crippen LogP contribution < -0.4 is 14.7 Å². The number of anilines is 3. The van der Waals surface area contributed by atoms with Crippen LogP contribution in [0.3, 0.4) is 0 Å². The van der Waals surface area contributed by atoms with E-state index in [0.29, 0.717) is 0 Å². The first kappa shape index (κ1) is 23.2. The van der Waals surface area contributed by atoms with E-state index >= 15 is 0 Å². The molecular weight excluding hydrogens is 390 g/mol. The lowest BCUT2D eigenvalue weighted by Gasteiger charge is -2.18. The van der Waals surface area contributed by atoms with E-state index in [-0.39, 0.29) is 5.92 Å². The van der Waals surface area contributed by atoms with E-state index in [4.69, 9.17) is 0 Å². The van der Waals surface area contributed by atoms with Gasteiger partial charge in [0.25, 0.3) is 0 Å². The molecule has 0 amide bonds. The predicted molar refractivity (Wildman–Crippen MR) is 142 cm³/mol. The second-order valence-electron chi connectivity index (χ2n) is 8.68. The second kappa shape index (κ2) is 10.7. The van der Waals surface area contributed by atoms with E-state index < -0.39 is 0 Å². The highest BCUT2D eigenvalue weighted by molar-refractivity contribution is 5.57. The molecule has 0 aliphatic rings. The first-order chi connectivity index (χ1) is 15.3. The number of allylic oxidation sites excluding steroid dienone is 3. The fourth-order valence-corrected chi connectivity index (χ4v) is 3.60. The highest BCUT2D eigenvalue weighted by atomic mass is 15.1. The highest BCUT2D eigenvalue weighted by Gasteiger charge is 2.11. The smallest absolute Gasteiger partial charge is 0.0361 e. The van der Waals surface area contributed by atoms with Gasteiger partial charge in [0.15, 0.2) is 0 Å². The van der Waals surface area contributed by atoms with Crippen molar-refractivity contribution in [3.05, 3.63) is 108 Å². The van der Waals surface area contributed by atoms with Crippen LogP contribution >= 0.6 is 0 Å². The number of nitrogens with zero attached hydrogens (tertiary/aromatic N) is 3. The Labute approximate surface area is 193 Å². The van der Waals surface area contributed by atoms with Gasteiger partial charge < -0.3 is 14.7 Å². The van der Waals surface area contributed by atoms with Crippen LogP contribution in [0, 0.1) is 0 Å². The maximum atomic E-state index is 2.28. The zero-order valence-electron chi connectivity index (χ0n) is 20.2. The van der Waals surface area contributed by atoms with E-state index in [2.05, 4.69) is 154 Å². The molecule has 0 atom stereocenters. The summed E-state index contributed by atoms with van der Waals surface area (Å²) < 4.78 is 0. The van der Waals surface area contributed by atoms with Crippen LogP contribution in [0.5, 0.6) is 0 Å². The summed E-state index contributed by atoms with van der Waals surface area (Å²) in [5.41, 5.74) is 7.39. The van der Waals surface area contributed by atoms with Gasteiger partial charge in [-0.25, -0.2) is 0 Å². The topological polar surface area (TPSA) is 9.72 Å². The Hall–Kier alpha value is -3.46. The largest absolute Gasteiger partial charge is 0.378 e. The number of hydrogen-bond acceptors (Lipinski definition) is 3. The Kier molecular flexibility index (Phi) is 7.77. The van der Waals surface area contributed by atoms with Crippen LogP contribution in [0.25, 0.3) is 6.08 Å². The van der Waals surface area contributed by atoms with Crippen LogP contribution in [-0.2, 0) is 0 Å². The third-order valence-corrected chi connectivity index (χ3v) is 5.65. The zero-order valence-corrected chi connectivity index (χ0v) is 20.2. The van der Waals surface area contributed by atoms with Gasteiger partial charge in [-0.2, -0.15) is 0 Å². The average Bonchev–Trinajstić information content (AvgIpc) is 2.79. The van der Waals surface area contributed by atoms with Crippen molar-refractivity contribution < 1.29 is 0 Å². The van der Waals surface area contributed by atoms with Crippen molar-refractivity contribution in [3.8, 4) is 0 Å². The van der Waals surface area contributed by atoms with Gasteiger partial charge in [-0.1, -0.05) is 60.7 Å². The molecule has 32 heavy (non-hydrogen) atoms. The summed E-state index contributed by atoms with van der Waals surface area (Å²) >= 11 is 0. The first-order valence-electron chi connectivity index (χ1n) is 11.0. The maximum Gasteiger partial charge on any atom is 0.0361 e. The van der Waals surface area contributed by atoms with Crippen LogP contribution in [-0.4, -0.2) is 42.3 Å². The van der Waals surface area contributed by atoms with Crippen molar-refractivity contribution in [3.63, 3.8) is 0 Å². The molecule has 166 valence electrons. The molecule has 0 aliphatic heterocycles. The first-order valence-corrected chi connectivity index (χ1v) is 11.0. The molecule has 0 radical (unpaired) electrons. The van der Waals surface area contributed by atoms with E-state index in [1.165, 1.54) is 33.8 Å². The van der Waals surface area contributed by atoms with Crippen molar-refractivity contribution >= 4 is 23.1 Å². The summed E-state index contributed by atoms with van der Waals surface area (Å²) in [6.45, 7) is 0. The molecule has 3 heteroatoms. The van der Waals surface area contributed by atoms with Gasteiger partial charge in [0.05, 0.1) is 0 Å². The molecule has 0 fully saturated rings. The second-order valence-corrected chi connectivity index (χ2v) is 8.68. The minimum absolute atomic E-state index is 0.197. The van der Waals surface area contributed by atoms with Gasteiger partial charge in [-0.3, -0.25) is 0 Å². The Morgan fingerprint density at radius 2 is 0.875 bits per heavy atom. The zero-order chi connectivity index (χ0) is 23.1. The lowest BCUT2D eigenvalue weighted by atomic mass is 9.90. The van der Waals surface area contributed by atoms with Gasteiger partial charge in [0.1, 0.15) is 0 Å². The number of benzene rings is 3. The van der Waals surface area contributed by atoms with Crippen LogP contribution in [0.2, 0.25) is 0 Å². The monoisotopic (exact) mass is 425 g/mol. The third-order valence-electron chi connectivity index (χ3n) is 5.65. The molecular formula is C29H35N3. The molecule has 0 saturated heterocycles. The van der Waals surface area contributed by atoms with Gasteiger partial charge in [-0.15, -0.1) is 0 Å². The fourth-order valence-electron chi connectivity index (χ4n) is 3.60. The minimum atomic E-state index is 0.197. The van der Waals surface area contributed by atoms with Gasteiger partial charge in [-0.05, 0) is 53.1 Å². The van der Waals surface area contributed by atoms with Crippen molar-refractivity contribution in [2.24, 2.45) is 0 Å². The Morgan fingerprint density at radius 3 is 1.25 bits per heavy atom. The lowest BCUT2D eigenvalue weighted by molar-refractivity contribution is 1.02. The molecule has 0 saturated carbocycles. The summed E-state index contributed by atoms with van der Waals surface area (Å²) in [5.74, 6) is 0.197. The normalized spacial score (nSPS) is 11.5.